The predicted octanol–water partition coefficient (Wildman–Crippen LogP) is 1.71. The minimum absolute atomic E-state index is 0.192. The van der Waals surface area contributed by atoms with Gasteiger partial charge in [-0.1, -0.05) is 6.92 Å². The van der Waals surface area contributed by atoms with Crippen molar-refractivity contribution in [3.8, 4) is 0 Å². The number of nitrogens with one attached hydrogen (secondary N) is 2. The van der Waals surface area contributed by atoms with Crippen LogP contribution in [-0.2, 0) is 10.8 Å². The zero-order chi connectivity index (χ0) is 13.1. The topological polar surface area (TPSA) is 83.8 Å². The third-order valence-corrected chi connectivity index (χ3v) is 4.28. The van der Waals surface area contributed by atoms with Crippen LogP contribution in [0.5, 0.6) is 0 Å². The third-order valence-electron chi connectivity index (χ3n) is 2.92. The lowest BCUT2D eigenvalue weighted by molar-refractivity contribution is 0.672. The highest BCUT2D eigenvalue weighted by molar-refractivity contribution is 7.84. The molecule has 1 aromatic carbocycles. The second-order valence-corrected chi connectivity index (χ2v) is 6.19. The third kappa shape index (κ3) is 3.01. The molecule has 2 aromatic rings. The molecule has 1 heterocycles. The summed E-state index contributed by atoms with van der Waals surface area (Å²) in [5.41, 5.74) is 8.23. The van der Waals surface area contributed by atoms with E-state index >= 15 is 0 Å². The van der Waals surface area contributed by atoms with Gasteiger partial charge in [0.2, 0.25) is 5.95 Å². The molecule has 98 valence electrons. The molecule has 0 bridgehead atoms. The van der Waals surface area contributed by atoms with Gasteiger partial charge in [-0.25, -0.2) is 4.98 Å². The van der Waals surface area contributed by atoms with Crippen LogP contribution >= 0.6 is 0 Å². The molecule has 5 nitrogen and oxygen atoms in total. The summed E-state index contributed by atoms with van der Waals surface area (Å²) in [5.74, 6) is 0.727. The first-order chi connectivity index (χ1) is 8.56. The van der Waals surface area contributed by atoms with E-state index in [-0.39, 0.29) is 5.25 Å². The maximum absolute atomic E-state index is 11.2. The van der Waals surface area contributed by atoms with Crippen LogP contribution in [0.3, 0.4) is 0 Å². The lowest BCUT2D eigenvalue weighted by atomic mass is 10.3. The minimum Gasteiger partial charge on any atom is -0.399 e. The molecule has 6 heteroatoms. The molecule has 0 spiro atoms. The first-order valence-corrected chi connectivity index (χ1v) is 7.49. The number of hydrogen-bond donors (Lipinski definition) is 3. The average Bonchev–Trinajstić information content (AvgIpc) is 2.70. The fraction of sp³-hybridized carbons (Fsp3) is 0.417. The number of aromatic nitrogens is 2. The van der Waals surface area contributed by atoms with E-state index in [4.69, 9.17) is 5.73 Å². The van der Waals surface area contributed by atoms with Gasteiger partial charge in [0.25, 0.3) is 0 Å². The van der Waals surface area contributed by atoms with Crippen molar-refractivity contribution >= 4 is 33.5 Å². The highest BCUT2D eigenvalue weighted by Gasteiger charge is 2.06. The molecule has 0 amide bonds. The van der Waals surface area contributed by atoms with Gasteiger partial charge >= 0.3 is 0 Å². The second kappa shape index (κ2) is 5.39. The molecular formula is C12H18N4OS. The van der Waals surface area contributed by atoms with Crippen molar-refractivity contribution in [2.45, 2.75) is 18.6 Å². The highest BCUT2D eigenvalue weighted by Crippen LogP contribution is 2.17. The van der Waals surface area contributed by atoms with Gasteiger partial charge in [-0.2, -0.15) is 0 Å². The maximum Gasteiger partial charge on any atom is 0.201 e. The molecule has 0 aliphatic heterocycles. The Morgan fingerprint density at radius 2 is 2.33 bits per heavy atom. The normalized spacial score (nSPS) is 14.6. The van der Waals surface area contributed by atoms with Crippen LogP contribution < -0.4 is 11.1 Å². The summed E-state index contributed by atoms with van der Waals surface area (Å²) >= 11 is 0. The van der Waals surface area contributed by atoms with Gasteiger partial charge in [0.15, 0.2) is 0 Å². The van der Waals surface area contributed by atoms with Crippen LogP contribution in [0.4, 0.5) is 11.6 Å². The zero-order valence-corrected chi connectivity index (χ0v) is 11.4. The molecule has 2 atom stereocenters. The predicted molar refractivity (Wildman–Crippen MR) is 77.1 cm³/mol. The smallest absolute Gasteiger partial charge is 0.201 e. The molecule has 2 rings (SSSR count). The lowest BCUT2D eigenvalue weighted by Crippen LogP contribution is -2.15. The quantitative estimate of drug-likeness (QED) is 0.719. The molecule has 0 fully saturated rings. The van der Waals surface area contributed by atoms with Crippen LogP contribution in [0, 0.1) is 0 Å². The van der Waals surface area contributed by atoms with Gasteiger partial charge in [-0.15, -0.1) is 0 Å². The van der Waals surface area contributed by atoms with Gasteiger partial charge in [0.1, 0.15) is 0 Å². The Hall–Kier alpha value is -1.56. The number of H-pyrrole nitrogens is 1. The number of nitrogen functional groups attached to an aromatic ring is 1. The Bertz CT molecular complexity index is 566. The fourth-order valence-electron chi connectivity index (χ4n) is 1.67. The van der Waals surface area contributed by atoms with E-state index in [9.17, 15) is 4.21 Å². The summed E-state index contributed by atoms with van der Waals surface area (Å²) in [6.07, 6.45) is 2.58. The Morgan fingerprint density at radius 3 is 3.06 bits per heavy atom. The zero-order valence-electron chi connectivity index (χ0n) is 10.6. The number of aromatic amines is 1. The van der Waals surface area contributed by atoms with Crippen molar-refractivity contribution in [2.75, 3.05) is 23.9 Å². The van der Waals surface area contributed by atoms with Gasteiger partial charge in [0.05, 0.1) is 11.0 Å². The molecule has 0 radical (unpaired) electrons. The Balaban J connectivity index is 1.98. The number of nitrogens with zero attached hydrogens (tertiary/aromatic N) is 1. The molecule has 1 aromatic heterocycles. The molecule has 0 saturated heterocycles. The Labute approximate surface area is 109 Å². The van der Waals surface area contributed by atoms with E-state index in [0.717, 1.165) is 29.9 Å². The summed E-state index contributed by atoms with van der Waals surface area (Å²) in [6, 6.07) is 5.57. The lowest BCUT2D eigenvalue weighted by Gasteiger charge is -2.07. The number of fused-ring (bicyclic) bond motifs is 1. The van der Waals surface area contributed by atoms with Gasteiger partial charge in [-0.3, -0.25) is 4.21 Å². The summed E-state index contributed by atoms with van der Waals surface area (Å²) in [7, 11) is -0.773. The number of benzene rings is 1. The maximum atomic E-state index is 11.2. The first kappa shape index (κ1) is 12.9. The standard InChI is InChI=1S/C12H18N4OS/c1-8(18(2)17)5-6-14-12-15-10-4-3-9(13)7-11(10)16-12/h3-4,7-8H,5-6,13H2,1-2H3,(H2,14,15,16). The number of nitrogens with two attached hydrogens (primary N) is 1. The van der Waals surface area contributed by atoms with Crippen molar-refractivity contribution in [1.82, 2.24) is 9.97 Å². The number of imidazole rings is 1. The fourth-order valence-corrected chi connectivity index (χ4v) is 2.12. The van der Waals surface area contributed by atoms with Crippen molar-refractivity contribution < 1.29 is 4.21 Å². The summed E-state index contributed by atoms with van der Waals surface area (Å²) in [5, 5.41) is 3.39. The van der Waals surface area contributed by atoms with Crippen molar-refractivity contribution in [1.29, 1.82) is 0 Å². The van der Waals surface area contributed by atoms with E-state index in [1.54, 1.807) is 6.26 Å². The molecule has 0 aliphatic rings. The molecule has 0 saturated carbocycles. The van der Waals surface area contributed by atoms with E-state index in [2.05, 4.69) is 15.3 Å². The van der Waals surface area contributed by atoms with Crippen molar-refractivity contribution in [3.63, 3.8) is 0 Å². The minimum atomic E-state index is -0.773. The van der Waals surface area contributed by atoms with Gasteiger partial charge < -0.3 is 16.0 Å². The average molecular weight is 266 g/mol. The van der Waals surface area contributed by atoms with E-state index in [1.165, 1.54) is 0 Å². The van der Waals surface area contributed by atoms with E-state index < -0.39 is 10.8 Å². The molecular weight excluding hydrogens is 248 g/mol. The van der Waals surface area contributed by atoms with E-state index in [1.807, 2.05) is 25.1 Å². The van der Waals surface area contributed by atoms with Crippen LogP contribution in [0.15, 0.2) is 18.2 Å². The summed E-state index contributed by atoms with van der Waals surface area (Å²) in [6.45, 7) is 2.73. The number of hydrogen-bond acceptors (Lipinski definition) is 4. The van der Waals surface area contributed by atoms with E-state index in [0.29, 0.717) is 5.69 Å². The summed E-state index contributed by atoms with van der Waals surface area (Å²) < 4.78 is 11.2. The SMILES string of the molecule is CC(CCNc1nc2ccc(N)cc2[nH]1)S(C)=O. The molecule has 2 unspecified atom stereocenters. The first-order valence-electron chi connectivity index (χ1n) is 5.87. The highest BCUT2D eigenvalue weighted by atomic mass is 32.2. The van der Waals surface area contributed by atoms with Crippen molar-refractivity contribution in [3.05, 3.63) is 18.2 Å². The van der Waals surface area contributed by atoms with Gasteiger partial charge in [-0.05, 0) is 24.6 Å². The number of rotatable bonds is 5. The monoisotopic (exact) mass is 266 g/mol. The molecule has 0 aliphatic carbocycles. The summed E-state index contributed by atoms with van der Waals surface area (Å²) in [4.78, 5) is 7.56. The molecule has 18 heavy (non-hydrogen) atoms. The van der Waals surface area contributed by atoms with Gasteiger partial charge in [0, 0.05) is 34.5 Å². The second-order valence-electron chi connectivity index (χ2n) is 4.39. The van der Waals surface area contributed by atoms with Crippen LogP contribution in [0.1, 0.15) is 13.3 Å². The number of anilines is 2. The van der Waals surface area contributed by atoms with Crippen LogP contribution in [0.2, 0.25) is 0 Å². The van der Waals surface area contributed by atoms with Crippen molar-refractivity contribution in [2.24, 2.45) is 0 Å². The van der Waals surface area contributed by atoms with Crippen LogP contribution in [-0.4, -0.2) is 32.2 Å². The molecule has 4 N–H and O–H groups in total. The van der Waals surface area contributed by atoms with Crippen LogP contribution in [0.25, 0.3) is 11.0 Å². The Morgan fingerprint density at radius 1 is 1.56 bits per heavy atom. The largest absolute Gasteiger partial charge is 0.399 e. The Kier molecular flexibility index (Phi) is 3.86.